The lowest BCUT2D eigenvalue weighted by Gasteiger charge is -2.04. The molecule has 0 saturated carbocycles. The molecule has 0 atom stereocenters. The maximum Gasteiger partial charge on any atom is 0.0991 e. The van der Waals surface area contributed by atoms with Gasteiger partial charge in [-0.2, -0.15) is 5.26 Å². The fourth-order valence-electron chi connectivity index (χ4n) is 2.26. The average molecular weight is 362 g/mol. The Morgan fingerprint density at radius 1 is 1.12 bits per heavy atom. The van der Waals surface area contributed by atoms with Crippen LogP contribution in [-0.2, 0) is 6.54 Å². The summed E-state index contributed by atoms with van der Waals surface area (Å²) in [6.07, 6.45) is 7.01. The highest BCUT2D eigenvalue weighted by molar-refractivity contribution is 6.19. The number of hydrogen-bond acceptors (Lipinski definition) is 3. The fraction of sp³-hybridized carbons (Fsp3) is 0.0909. The Hall–Kier alpha value is -3.09. The molecule has 0 aliphatic carbocycles. The highest BCUT2D eigenvalue weighted by atomic mass is 35.5. The van der Waals surface area contributed by atoms with Gasteiger partial charge in [-0.05, 0) is 47.1 Å². The number of rotatable bonds is 7. The Kier molecular flexibility index (Phi) is 7.42. The van der Waals surface area contributed by atoms with Crippen molar-refractivity contribution >= 4 is 17.3 Å². The molecule has 130 valence electrons. The van der Waals surface area contributed by atoms with E-state index < -0.39 is 0 Å². The normalized spacial score (nSPS) is 12.2. The predicted octanol–water partition coefficient (Wildman–Crippen LogP) is 4.99. The van der Waals surface area contributed by atoms with E-state index >= 15 is 0 Å². The summed E-state index contributed by atoms with van der Waals surface area (Å²) >= 11 is 5.70. The van der Waals surface area contributed by atoms with Crippen LogP contribution in [0.25, 0.3) is 11.1 Å². The van der Waals surface area contributed by atoms with E-state index in [0.717, 1.165) is 22.4 Å². The molecule has 2 N–H and O–H groups in total. The molecular weight excluding hydrogens is 342 g/mol. The van der Waals surface area contributed by atoms with E-state index in [1.54, 1.807) is 12.2 Å². The number of nitrogens with two attached hydrogens (primary N) is 1. The van der Waals surface area contributed by atoms with Crippen molar-refractivity contribution in [3.63, 3.8) is 0 Å². The van der Waals surface area contributed by atoms with Crippen LogP contribution in [0.4, 0.5) is 0 Å². The van der Waals surface area contributed by atoms with Gasteiger partial charge in [0.15, 0.2) is 0 Å². The SMILES string of the molecule is C=C/C(N)=C/C(/C=C/CCl)=NCc1ccc(-c2ccc(C#N)cc2)cc1. The molecule has 0 heterocycles. The van der Waals surface area contributed by atoms with Gasteiger partial charge in [0.2, 0.25) is 0 Å². The molecule has 0 amide bonds. The van der Waals surface area contributed by atoms with Gasteiger partial charge in [0.25, 0.3) is 0 Å². The van der Waals surface area contributed by atoms with E-state index in [9.17, 15) is 0 Å². The molecular formula is C22H20ClN3. The van der Waals surface area contributed by atoms with E-state index in [-0.39, 0.29) is 0 Å². The summed E-state index contributed by atoms with van der Waals surface area (Å²) in [5, 5.41) is 8.87. The van der Waals surface area contributed by atoms with Crippen LogP contribution >= 0.6 is 11.6 Å². The molecule has 26 heavy (non-hydrogen) atoms. The van der Waals surface area contributed by atoms with Gasteiger partial charge in [-0.15, -0.1) is 11.6 Å². The average Bonchev–Trinajstić information content (AvgIpc) is 2.70. The second-order valence-corrected chi connectivity index (χ2v) is 5.84. The minimum Gasteiger partial charge on any atom is -0.399 e. The van der Waals surface area contributed by atoms with Gasteiger partial charge in [0.1, 0.15) is 0 Å². The van der Waals surface area contributed by atoms with Crippen LogP contribution in [0.3, 0.4) is 0 Å². The first-order valence-electron chi connectivity index (χ1n) is 8.12. The highest BCUT2D eigenvalue weighted by Gasteiger charge is 1.99. The largest absolute Gasteiger partial charge is 0.399 e. The number of nitrogens with zero attached hydrogens (tertiary/aromatic N) is 2. The van der Waals surface area contributed by atoms with Crippen molar-refractivity contribution in [1.29, 1.82) is 5.26 Å². The summed E-state index contributed by atoms with van der Waals surface area (Å²) in [4.78, 5) is 4.58. The van der Waals surface area contributed by atoms with E-state index in [2.05, 4.69) is 29.8 Å². The van der Waals surface area contributed by atoms with Crippen LogP contribution in [-0.4, -0.2) is 11.6 Å². The topological polar surface area (TPSA) is 62.2 Å². The molecule has 2 rings (SSSR count). The number of halogens is 1. The quantitative estimate of drug-likeness (QED) is 0.429. The lowest BCUT2D eigenvalue weighted by atomic mass is 10.0. The van der Waals surface area contributed by atoms with Crippen molar-refractivity contribution < 1.29 is 0 Å². The second kappa shape index (κ2) is 10.0. The molecule has 0 radical (unpaired) electrons. The molecule has 0 unspecified atom stereocenters. The minimum atomic E-state index is 0.417. The zero-order valence-corrected chi connectivity index (χ0v) is 15.2. The summed E-state index contributed by atoms with van der Waals surface area (Å²) in [7, 11) is 0. The van der Waals surface area contributed by atoms with Crippen LogP contribution in [0, 0.1) is 11.3 Å². The van der Waals surface area contributed by atoms with Crippen LogP contribution in [0.5, 0.6) is 0 Å². The van der Waals surface area contributed by atoms with E-state index in [4.69, 9.17) is 22.6 Å². The monoisotopic (exact) mass is 361 g/mol. The lowest BCUT2D eigenvalue weighted by molar-refractivity contribution is 1.07. The maximum absolute atomic E-state index is 8.87. The molecule has 0 aromatic heterocycles. The van der Waals surface area contributed by atoms with Gasteiger partial charge in [-0.25, -0.2) is 0 Å². The van der Waals surface area contributed by atoms with Gasteiger partial charge < -0.3 is 5.73 Å². The zero-order chi connectivity index (χ0) is 18.8. The molecule has 0 aliphatic heterocycles. The van der Waals surface area contributed by atoms with Crippen molar-refractivity contribution in [3.8, 4) is 17.2 Å². The third-order valence-corrected chi connectivity index (χ3v) is 3.85. The molecule has 0 bridgehead atoms. The summed E-state index contributed by atoms with van der Waals surface area (Å²) in [6, 6.07) is 17.8. The smallest absolute Gasteiger partial charge is 0.0991 e. The van der Waals surface area contributed by atoms with Gasteiger partial charge >= 0.3 is 0 Å². The maximum atomic E-state index is 8.87. The van der Waals surface area contributed by atoms with Gasteiger partial charge in [-0.3, -0.25) is 4.99 Å². The van der Waals surface area contributed by atoms with Gasteiger partial charge in [0.05, 0.1) is 23.9 Å². The van der Waals surface area contributed by atoms with Crippen LogP contribution in [0.1, 0.15) is 11.1 Å². The molecule has 0 fully saturated rings. The molecule has 0 aliphatic rings. The molecule has 2 aromatic rings. The first-order chi connectivity index (χ1) is 12.7. The minimum absolute atomic E-state index is 0.417. The Balaban J connectivity index is 2.15. The van der Waals surface area contributed by atoms with E-state index in [1.165, 1.54) is 0 Å². The lowest BCUT2D eigenvalue weighted by Crippen LogP contribution is -1.99. The third-order valence-electron chi connectivity index (χ3n) is 3.67. The van der Waals surface area contributed by atoms with E-state index in [1.807, 2.05) is 48.6 Å². The Morgan fingerprint density at radius 3 is 2.27 bits per heavy atom. The predicted molar refractivity (Wildman–Crippen MR) is 110 cm³/mol. The van der Waals surface area contributed by atoms with Crippen LogP contribution < -0.4 is 5.73 Å². The van der Waals surface area contributed by atoms with E-state index in [0.29, 0.717) is 23.7 Å². The van der Waals surface area contributed by atoms with Crippen LogP contribution in [0.15, 0.2) is 90.1 Å². The molecule has 0 saturated heterocycles. The number of hydrogen-bond donors (Lipinski definition) is 1. The molecule has 4 heteroatoms. The number of allylic oxidation sites excluding steroid dienone is 4. The first kappa shape index (κ1) is 19.2. The Morgan fingerprint density at radius 2 is 1.73 bits per heavy atom. The van der Waals surface area contributed by atoms with Crippen molar-refractivity contribution in [2.75, 3.05) is 5.88 Å². The van der Waals surface area contributed by atoms with Crippen molar-refractivity contribution in [2.45, 2.75) is 6.54 Å². The summed E-state index contributed by atoms with van der Waals surface area (Å²) in [5.74, 6) is 0.417. The number of aliphatic imine (C=N–C) groups is 1. The molecule has 3 nitrogen and oxygen atoms in total. The van der Waals surface area contributed by atoms with Gasteiger partial charge in [0, 0.05) is 11.6 Å². The molecule has 0 spiro atoms. The Labute approximate surface area is 159 Å². The Bertz CT molecular complexity index is 867. The number of benzene rings is 2. The summed E-state index contributed by atoms with van der Waals surface area (Å²) < 4.78 is 0. The third kappa shape index (κ3) is 5.77. The first-order valence-corrected chi connectivity index (χ1v) is 8.65. The summed E-state index contributed by atoms with van der Waals surface area (Å²) in [6.45, 7) is 4.18. The highest BCUT2D eigenvalue weighted by Crippen LogP contribution is 2.20. The second-order valence-electron chi connectivity index (χ2n) is 5.53. The fourth-order valence-corrected chi connectivity index (χ4v) is 2.35. The van der Waals surface area contributed by atoms with Crippen molar-refractivity contribution in [2.24, 2.45) is 10.7 Å². The summed E-state index contributed by atoms with van der Waals surface area (Å²) in [5.41, 5.74) is 11.0. The van der Waals surface area contributed by atoms with Gasteiger partial charge in [-0.1, -0.05) is 49.1 Å². The standard InChI is InChI=1S/C22H20ClN3/c1-2-21(25)14-22(4-3-13-23)26-16-18-7-11-20(12-8-18)19-9-5-17(15-24)6-10-19/h2-12,14H,1,13,16,25H2/b4-3+,21-14-,26-22?. The molecule has 2 aromatic carbocycles. The number of nitriles is 1. The van der Waals surface area contributed by atoms with Crippen molar-refractivity contribution in [1.82, 2.24) is 0 Å². The number of alkyl halides is 1. The zero-order valence-electron chi connectivity index (χ0n) is 14.4. The van der Waals surface area contributed by atoms with Crippen LogP contribution in [0.2, 0.25) is 0 Å². The van der Waals surface area contributed by atoms with Crippen molar-refractivity contribution in [3.05, 3.63) is 96.2 Å².